The Morgan fingerprint density at radius 1 is 1.31 bits per heavy atom. The molecular formula is C13H16O2S. The van der Waals surface area contributed by atoms with E-state index in [1.54, 1.807) is 11.8 Å². The molecule has 0 aromatic heterocycles. The van der Waals surface area contributed by atoms with Crippen molar-refractivity contribution >= 4 is 17.7 Å². The molecule has 86 valence electrons. The predicted molar refractivity (Wildman–Crippen MR) is 65.8 cm³/mol. The van der Waals surface area contributed by atoms with Crippen molar-refractivity contribution in [1.82, 2.24) is 0 Å². The maximum Gasteiger partial charge on any atom is 0.319 e. The van der Waals surface area contributed by atoms with Gasteiger partial charge in [-0.05, 0) is 23.6 Å². The molecule has 3 heteroatoms. The van der Waals surface area contributed by atoms with Crippen LogP contribution in [0.25, 0.3) is 0 Å². The van der Waals surface area contributed by atoms with E-state index in [9.17, 15) is 4.79 Å². The van der Waals surface area contributed by atoms with Gasteiger partial charge in [0.05, 0.1) is 6.61 Å². The van der Waals surface area contributed by atoms with Gasteiger partial charge in [0.1, 0.15) is 5.25 Å². The Morgan fingerprint density at radius 3 is 2.50 bits per heavy atom. The molecule has 2 nitrogen and oxygen atoms in total. The summed E-state index contributed by atoms with van der Waals surface area (Å²) in [5.74, 6) is 0.480. The molecule has 0 N–H and O–H groups in total. The first-order valence-corrected chi connectivity index (χ1v) is 6.48. The average molecular weight is 236 g/mol. The molecule has 0 amide bonds. The molecule has 0 aliphatic carbocycles. The van der Waals surface area contributed by atoms with E-state index in [0.29, 0.717) is 12.5 Å². The van der Waals surface area contributed by atoms with E-state index >= 15 is 0 Å². The Bertz CT molecular complexity index is 370. The van der Waals surface area contributed by atoms with Crippen molar-refractivity contribution < 1.29 is 9.53 Å². The van der Waals surface area contributed by atoms with Crippen LogP contribution in [0.1, 0.15) is 31.7 Å². The van der Waals surface area contributed by atoms with Crippen molar-refractivity contribution in [2.45, 2.75) is 36.3 Å². The summed E-state index contributed by atoms with van der Waals surface area (Å²) < 4.78 is 4.94. The fourth-order valence-electron chi connectivity index (χ4n) is 1.68. The number of esters is 1. The number of carbonyl (C=O) groups is 1. The van der Waals surface area contributed by atoms with Gasteiger partial charge in [0.15, 0.2) is 0 Å². The molecule has 1 aromatic rings. The van der Waals surface area contributed by atoms with Crippen molar-refractivity contribution in [1.29, 1.82) is 0 Å². The zero-order valence-corrected chi connectivity index (χ0v) is 10.4. The Morgan fingerprint density at radius 2 is 2.00 bits per heavy atom. The quantitative estimate of drug-likeness (QED) is 0.754. The maximum atomic E-state index is 11.3. The summed E-state index contributed by atoms with van der Waals surface area (Å²) in [6.07, 6.45) is 0.829. The standard InChI is InChI=1S/C13H16O2S/c1-9(2)10-3-5-11(6-4-10)16-12-7-8-15-13(12)14/h3-6,9,12H,7-8H2,1-2H3. The largest absolute Gasteiger partial charge is 0.465 e. The zero-order valence-electron chi connectivity index (χ0n) is 9.60. The van der Waals surface area contributed by atoms with E-state index in [1.807, 2.05) is 0 Å². The third-order valence-electron chi connectivity index (χ3n) is 2.71. The third-order valence-corrected chi connectivity index (χ3v) is 3.97. The van der Waals surface area contributed by atoms with Crippen LogP contribution in [-0.2, 0) is 9.53 Å². The van der Waals surface area contributed by atoms with Gasteiger partial charge >= 0.3 is 5.97 Å². The number of carbonyl (C=O) groups excluding carboxylic acids is 1. The van der Waals surface area contributed by atoms with Crippen LogP contribution in [0.4, 0.5) is 0 Å². The second-order valence-corrected chi connectivity index (χ2v) is 5.56. The van der Waals surface area contributed by atoms with E-state index < -0.39 is 0 Å². The highest BCUT2D eigenvalue weighted by Gasteiger charge is 2.27. The number of rotatable bonds is 3. The molecule has 1 heterocycles. The number of benzene rings is 1. The van der Waals surface area contributed by atoms with Gasteiger partial charge in [0.2, 0.25) is 0 Å². The predicted octanol–water partition coefficient (Wildman–Crippen LogP) is 3.22. The van der Waals surface area contributed by atoms with Crippen LogP contribution in [0.5, 0.6) is 0 Å². The van der Waals surface area contributed by atoms with Crippen molar-refractivity contribution in [3.63, 3.8) is 0 Å². The molecule has 2 rings (SSSR count). The van der Waals surface area contributed by atoms with E-state index in [-0.39, 0.29) is 11.2 Å². The number of ether oxygens (including phenoxy) is 1. The average Bonchev–Trinajstić information content (AvgIpc) is 2.65. The van der Waals surface area contributed by atoms with Gasteiger partial charge in [-0.1, -0.05) is 26.0 Å². The SMILES string of the molecule is CC(C)c1ccc(SC2CCOC2=O)cc1. The van der Waals surface area contributed by atoms with Gasteiger partial charge in [-0.3, -0.25) is 4.79 Å². The molecule has 1 aromatic carbocycles. The topological polar surface area (TPSA) is 26.3 Å². The molecule has 1 saturated heterocycles. The van der Waals surface area contributed by atoms with Crippen LogP contribution in [0.15, 0.2) is 29.2 Å². The maximum absolute atomic E-state index is 11.3. The molecule has 1 aliphatic heterocycles. The lowest BCUT2D eigenvalue weighted by molar-refractivity contribution is -0.137. The lowest BCUT2D eigenvalue weighted by Crippen LogP contribution is -2.08. The van der Waals surface area contributed by atoms with E-state index in [2.05, 4.69) is 38.1 Å². The van der Waals surface area contributed by atoms with Gasteiger partial charge < -0.3 is 4.74 Å². The van der Waals surface area contributed by atoms with Crippen LogP contribution in [0.3, 0.4) is 0 Å². The number of hydrogen-bond donors (Lipinski definition) is 0. The summed E-state index contributed by atoms with van der Waals surface area (Å²) in [6, 6.07) is 8.44. The Labute approximate surface area is 100 Å². The number of cyclic esters (lactones) is 1. The van der Waals surface area contributed by atoms with Crippen molar-refractivity contribution in [3.8, 4) is 0 Å². The summed E-state index contributed by atoms with van der Waals surface area (Å²) >= 11 is 1.61. The Hall–Kier alpha value is -0.960. The van der Waals surface area contributed by atoms with Gasteiger partial charge in [-0.25, -0.2) is 0 Å². The normalized spacial score (nSPS) is 20.2. The van der Waals surface area contributed by atoms with Crippen LogP contribution < -0.4 is 0 Å². The second-order valence-electron chi connectivity index (χ2n) is 4.29. The van der Waals surface area contributed by atoms with Crippen molar-refractivity contribution in [2.75, 3.05) is 6.61 Å². The monoisotopic (exact) mass is 236 g/mol. The van der Waals surface area contributed by atoms with Gasteiger partial charge in [0.25, 0.3) is 0 Å². The molecule has 1 fully saturated rings. The minimum atomic E-state index is -0.0714. The smallest absolute Gasteiger partial charge is 0.319 e. The molecular weight excluding hydrogens is 220 g/mol. The Balaban J connectivity index is 2.02. The summed E-state index contributed by atoms with van der Waals surface area (Å²) in [4.78, 5) is 12.5. The first kappa shape index (κ1) is 11.5. The lowest BCUT2D eigenvalue weighted by atomic mass is 10.0. The van der Waals surface area contributed by atoms with Crippen LogP contribution in [0.2, 0.25) is 0 Å². The van der Waals surface area contributed by atoms with Gasteiger partial charge in [-0.15, -0.1) is 11.8 Å². The first-order chi connectivity index (χ1) is 7.66. The molecule has 1 unspecified atom stereocenters. The summed E-state index contributed by atoms with van der Waals surface area (Å²) in [6.45, 7) is 4.92. The molecule has 1 atom stereocenters. The lowest BCUT2D eigenvalue weighted by Gasteiger charge is -2.08. The third kappa shape index (κ3) is 2.59. The van der Waals surface area contributed by atoms with Gasteiger partial charge in [0, 0.05) is 11.3 Å². The zero-order chi connectivity index (χ0) is 11.5. The molecule has 1 aliphatic rings. The fourth-order valence-corrected chi connectivity index (χ4v) is 2.68. The summed E-state index contributed by atoms with van der Waals surface area (Å²) in [7, 11) is 0. The van der Waals surface area contributed by atoms with E-state index in [1.165, 1.54) is 5.56 Å². The van der Waals surface area contributed by atoms with E-state index in [0.717, 1.165) is 11.3 Å². The highest BCUT2D eigenvalue weighted by molar-refractivity contribution is 8.00. The number of thioether (sulfide) groups is 1. The highest BCUT2D eigenvalue weighted by Crippen LogP contribution is 2.30. The molecule has 0 saturated carbocycles. The summed E-state index contributed by atoms with van der Waals surface area (Å²) in [5, 5.41) is -0.00935. The van der Waals surface area contributed by atoms with Crippen molar-refractivity contribution in [3.05, 3.63) is 29.8 Å². The van der Waals surface area contributed by atoms with Crippen molar-refractivity contribution in [2.24, 2.45) is 0 Å². The first-order valence-electron chi connectivity index (χ1n) is 5.60. The van der Waals surface area contributed by atoms with Gasteiger partial charge in [-0.2, -0.15) is 0 Å². The fraction of sp³-hybridized carbons (Fsp3) is 0.462. The Kier molecular flexibility index (Phi) is 3.54. The number of hydrogen-bond acceptors (Lipinski definition) is 3. The van der Waals surface area contributed by atoms with E-state index in [4.69, 9.17) is 4.74 Å². The van der Waals surface area contributed by atoms with Crippen LogP contribution >= 0.6 is 11.8 Å². The summed E-state index contributed by atoms with van der Waals surface area (Å²) in [5.41, 5.74) is 1.33. The minimum absolute atomic E-state index is 0.00935. The molecule has 0 radical (unpaired) electrons. The molecule has 0 bridgehead atoms. The van der Waals surface area contributed by atoms with Crippen LogP contribution in [0, 0.1) is 0 Å². The molecule has 0 spiro atoms. The second kappa shape index (κ2) is 4.91. The van der Waals surface area contributed by atoms with Crippen LogP contribution in [-0.4, -0.2) is 17.8 Å². The molecule has 16 heavy (non-hydrogen) atoms. The minimum Gasteiger partial charge on any atom is -0.465 e. The highest BCUT2D eigenvalue weighted by atomic mass is 32.2.